The van der Waals surface area contributed by atoms with E-state index in [1.54, 1.807) is 0 Å². The van der Waals surface area contributed by atoms with Crippen LogP contribution in [0.3, 0.4) is 0 Å². The zero-order valence-electron chi connectivity index (χ0n) is 5.75. The summed E-state index contributed by atoms with van der Waals surface area (Å²) in [6.07, 6.45) is 0. The van der Waals surface area contributed by atoms with Crippen LogP contribution in [-0.2, 0) is 19.5 Å². The summed E-state index contributed by atoms with van der Waals surface area (Å²) in [5, 5.41) is 6.11. The monoisotopic (exact) mass is 274 g/mol. The molecule has 0 atom stereocenters. The molecule has 0 unspecified atom stereocenters. The van der Waals surface area contributed by atoms with Gasteiger partial charge in [-0.2, -0.15) is 0 Å². The van der Waals surface area contributed by atoms with E-state index >= 15 is 0 Å². The maximum atomic E-state index is 4.95. The van der Waals surface area contributed by atoms with E-state index in [9.17, 15) is 0 Å². The number of thiocarbonyl (C=S) groups is 2. The maximum Gasteiger partial charge on any atom is 0.144 e. The fourth-order valence-electron chi connectivity index (χ4n) is 0.464. The normalized spacial score (nSPS) is 18.5. The van der Waals surface area contributed by atoms with Crippen LogP contribution >= 0.6 is 46.0 Å². The van der Waals surface area contributed by atoms with Crippen LogP contribution in [0.25, 0.3) is 0 Å². The largest absolute Gasteiger partial charge is 0.369 e. The van der Waals surface area contributed by atoms with Gasteiger partial charge < -0.3 is 10.6 Å². The molecule has 7 heteroatoms. The third-order valence-corrected chi connectivity index (χ3v) is 4.20. The number of hydrogen-bond donors (Lipinski definition) is 2. The molecule has 0 saturated carbocycles. The smallest absolute Gasteiger partial charge is 0.144 e. The minimum absolute atomic E-state index is 0. The van der Waals surface area contributed by atoms with Crippen LogP contribution in [0.4, 0.5) is 0 Å². The third kappa shape index (κ3) is 5.36. The summed E-state index contributed by atoms with van der Waals surface area (Å²) in [7, 11) is 2.99. The number of hydrogen-bond acceptors (Lipinski definition) is 4. The molecular weight excluding hydrogens is 270 g/mol. The summed E-state index contributed by atoms with van der Waals surface area (Å²) in [6, 6.07) is 0. The van der Waals surface area contributed by atoms with E-state index in [-0.39, 0.29) is 19.5 Å². The van der Waals surface area contributed by atoms with E-state index in [1.807, 2.05) is 0 Å². The van der Waals surface area contributed by atoms with Gasteiger partial charge in [-0.25, -0.2) is 0 Å². The molecule has 2 N–H and O–H groups in total. The van der Waals surface area contributed by atoms with Crippen LogP contribution in [0.1, 0.15) is 0 Å². The molecule has 11 heavy (non-hydrogen) atoms. The quantitative estimate of drug-likeness (QED) is 0.391. The van der Waals surface area contributed by atoms with E-state index in [2.05, 4.69) is 10.6 Å². The summed E-state index contributed by atoms with van der Waals surface area (Å²) in [4.78, 5) is 0. The predicted molar refractivity (Wildman–Crippen MR) is 56.4 cm³/mol. The van der Waals surface area contributed by atoms with Crippen LogP contribution in [-0.4, -0.2) is 21.7 Å². The van der Waals surface area contributed by atoms with Crippen LogP contribution in [0.2, 0.25) is 0 Å². The third-order valence-electron chi connectivity index (χ3n) is 0.857. The van der Waals surface area contributed by atoms with Crippen molar-refractivity contribution in [2.45, 2.75) is 0 Å². The number of nitrogens with one attached hydrogen (secondary N) is 2. The fourth-order valence-corrected chi connectivity index (χ4v) is 2.56. The van der Waals surface area contributed by atoms with Crippen molar-refractivity contribution in [3.8, 4) is 0 Å². The minimum atomic E-state index is 0. The van der Waals surface area contributed by atoms with Crippen molar-refractivity contribution >= 4 is 54.7 Å². The minimum Gasteiger partial charge on any atom is -0.369 e. The van der Waals surface area contributed by atoms with Crippen molar-refractivity contribution in [1.82, 2.24) is 10.6 Å². The molecule has 1 fully saturated rings. The first-order chi connectivity index (χ1) is 4.79. The van der Waals surface area contributed by atoms with Gasteiger partial charge in [0.05, 0.1) is 0 Å². The molecule has 0 spiro atoms. The Morgan fingerprint density at radius 3 is 1.73 bits per heavy atom. The van der Waals surface area contributed by atoms with Crippen molar-refractivity contribution in [3.63, 3.8) is 0 Å². The van der Waals surface area contributed by atoms with Gasteiger partial charge >= 0.3 is 0 Å². The van der Waals surface area contributed by atoms with E-state index in [1.165, 1.54) is 21.6 Å². The number of rotatable bonds is 0. The Bertz CT molecular complexity index is 144. The topological polar surface area (TPSA) is 24.1 Å². The van der Waals surface area contributed by atoms with Gasteiger partial charge in [-0.05, 0) is 21.6 Å². The zero-order valence-corrected chi connectivity index (χ0v) is 12.0. The Balaban J connectivity index is 0.000001000. The van der Waals surface area contributed by atoms with Gasteiger partial charge in [-0.3, -0.25) is 0 Å². The van der Waals surface area contributed by atoms with Crippen molar-refractivity contribution in [2.24, 2.45) is 0 Å². The molecule has 2 nitrogen and oxygen atoms in total. The fraction of sp³-hybridized carbons (Fsp3) is 0.500. The van der Waals surface area contributed by atoms with Crippen molar-refractivity contribution < 1.29 is 19.5 Å². The predicted octanol–water partition coefficient (Wildman–Crippen LogP) is 1.13. The van der Waals surface area contributed by atoms with Gasteiger partial charge in [0.1, 0.15) is 8.64 Å². The van der Waals surface area contributed by atoms with Crippen molar-refractivity contribution in [2.75, 3.05) is 13.1 Å². The first-order valence-electron chi connectivity index (χ1n) is 2.69. The SMILES string of the molecule is S=C1NCCNC(=S)SS1.[Zn]. The first-order valence-corrected chi connectivity index (χ1v) is 5.66. The first kappa shape index (κ1) is 12.1. The van der Waals surface area contributed by atoms with Crippen molar-refractivity contribution in [1.29, 1.82) is 0 Å². The van der Waals surface area contributed by atoms with Crippen LogP contribution in [0.15, 0.2) is 0 Å². The average Bonchev–Trinajstić information content (AvgIpc) is 1.90. The van der Waals surface area contributed by atoms with Gasteiger partial charge in [0.25, 0.3) is 0 Å². The molecule has 1 rings (SSSR count). The van der Waals surface area contributed by atoms with Crippen molar-refractivity contribution in [3.05, 3.63) is 0 Å². The second-order valence-corrected chi connectivity index (χ2v) is 5.08. The molecule has 0 aromatic heterocycles. The zero-order chi connectivity index (χ0) is 7.40. The molecule has 0 aliphatic carbocycles. The molecule has 1 aliphatic heterocycles. The van der Waals surface area contributed by atoms with Gasteiger partial charge in [0, 0.05) is 32.6 Å². The standard InChI is InChI=1S/C4H6N2S4.Zn/c7-3-5-1-2-6-4(8)10-9-3;/h1-2H2,(H,5,7)(H,6,8);. The molecule has 1 aliphatic rings. The van der Waals surface area contributed by atoms with Crippen LogP contribution in [0.5, 0.6) is 0 Å². The molecule has 0 radical (unpaired) electrons. The maximum absolute atomic E-state index is 4.95. The molecule has 0 aromatic rings. The van der Waals surface area contributed by atoms with E-state index in [0.29, 0.717) is 0 Å². The Kier molecular flexibility index (Phi) is 7.26. The molecule has 1 saturated heterocycles. The van der Waals surface area contributed by atoms with Crippen LogP contribution in [0, 0.1) is 0 Å². The molecular formula is C4H6N2S4Zn. The van der Waals surface area contributed by atoms with E-state index in [4.69, 9.17) is 24.4 Å². The second kappa shape index (κ2) is 6.60. The van der Waals surface area contributed by atoms with Gasteiger partial charge in [-0.15, -0.1) is 0 Å². The van der Waals surface area contributed by atoms with Gasteiger partial charge in [0.15, 0.2) is 0 Å². The Morgan fingerprint density at radius 1 is 1.00 bits per heavy atom. The molecule has 0 amide bonds. The van der Waals surface area contributed by atoms with Crippen LogP contribution < -0.4 is 10.6 Å². The molecule has 1 heterocycles. The summed E-state index contributed by atoms with van der Waals surface area (Å²) < 4.78 is 1.63. The summed E-state index contributed by atoms with van der Waals surface area (Å²) in [5.74, 6) is 0. The Labute approximate surface area is 97.2 Å². The van der Waals surface area contributed by atoms with Gasteiger partial charge in [-0.1, -0.05) is 24.4 Å². The average molecular weight is 276 g/mol. The second-order valence-electron chi connectivity index (χ2n) is 1.60. The molecule has 58 valence electrons. The van der Waals surface area contributed by atoms with Gasteiger partial charge in [0.2, 0.25) is 0 Å². The summed E-state index contributed by atoms with van der Waals surface area (Å²) >= 11 is 9.90. The van der Waals surface area contributed by atoms with E-state index in [0.717, 1.165) is 21.7 Å². The molecule has 0 aromatic carbocycles. The Hall–Kier alpha value is 1.10. The van der Waals surface area contributed by atoms with E-state index < -0.39 is 0 Å². The summed E-state index contributed by atoms with van der Waals surface area (Å²) in [5.41, 5.74) is 0. The molecule has 0 bridgehead atoms. The Morgan fingerprint density at radius 2 is 1.36 bits per heavy atom. The summed E-state index contributed by atoms with van der Waals surface area (Å²) in [6.45, 7) is 1.71.